The molecule has 0 saturated carbocycles. The second-order valence-electron chi connectivity index (χ2n) is 7.10. The zero-order valence-electron chi connectivity index (χ0n) is 17.4. The van der Waals surface area contributed by atoms with Gasteiger partial charge in [-0.3, -0.25) is 19.8 Å². The third-order valence-corrected chi connectivity index (χ3v) is 4.95. The number of ether oxygens (including phenoxy) is 4. The van der Waals surface area contributed by atoms with Gasteiger partial charge >= 0.3 is 17.9 Å². The number of hydrogen-bond donors (Lipinski definition) is 2. The lowest BCUT2D eigenvalue weighted by molar-refractivity contribution is -0.251. The number of alkyl halides is 3. The van der Waals surface area contributed by atoms with Crippen LogP contribution in [0, 0.1) is 11.3 Å². The third-order valence-electron chi connectivity index (χ3n) is 4.43. The van der Waals surface area contributed by atoms with Crippen molar-refractivity contribution in [2.24, 2.45) is 5.92 Å². The van der Waals surface area contributed by atoms with Gasteiger partial charge in [-0.1, -0.05) is 48.7 Å². The first kappa shape index (κ1) is 27.7. The van der Waals surface area contributed by atoms with Crippen LogP contribution in [0.1, 0.15) is 58.8 Å². The molecule has 1 saturated heterocycles. The SMILES string of the molecule is CCCC(=O)O[C@H]1[C@@H](CCCC(=O)O)COC(OC(=N)C(Cl)(Cl)Cl)[C@@H]1OC(=O)CCC. The van der Waals surface area contributed by atoms with Gasteiger partial charge < -0.3 is 24.1 Å². The molecule has 0 amide bonds. The Morgan fingerprint density at radius 3 is 2.03 bits per heavy atom. The fraction of sp³-hybridized carbons (Fsp3) is 0.789. The Bertz CT molecular complexity index is 640. The molecule has 1 fully saturated rings. The van der Waals surface area contributed by atoms with Crippen LogP contribution < -0.4 is 0 Å². The number of hydrogen-bond acceptors (Lipinski definition) is 8. The van der Waals surface area contributed by atoms with Gasteiger partial charge in [0.05, 0.1) is 6.61 Å². The van der Waals surface area contributed by atoms with Gasteiger partial charge in [0.2, 0.25) is 18.3 Å². The number of carboxylic acids is 1. The third kappa shape index (κ3) is 9.80. The van der Waals surface area contributed by atoms with E-state index >= 15 is 0 Å². The van der Waals surface area contributed by atoms with Gasteiger partial charge in [-0.15, -0.1) is 0 Å². The van der Waals surface area contributed by atoms with Gasteiger partial charge in [-0.05, 0) is 25.7 Å². The van der Waals surface area contributed by atoms with Crippen molar-refractivity contribution in [3.8, 4) is 0 Å². The second kappa shape index (κ2) is 13.3. The highest BCUT2D eigenvalue weighted by molar-refractivity contribution is 6.76. The highest BCUT2D eigenvalue weighted by Gasteiger charge is 2.48. The number of aliphatic carboxylic acids is 1. The van der Waals surface area contributed by atoms with E-state index < -0.39 is 52.0 Å². The van der Waals surface area contributed by atoms with Crippen LogP contribution in [0.4, 0.5) is 0 Å². The number of carbonyl (C=O) groups excluding carboxylic acids is 2. The summed E-state index contributed by atoms with van der Waals surface area (Å²) in [5, 5.41) is 16.7. The van der Waals surface area contributed by atoms with E-state index in [1.165, 1.54) is 0 Å². The lowest BCUT2D eigenvalue weighted by Crippen LogP contribution is -2.55. The molecule has 178 valence electrons. The molecule has 31 heavy (non-hydrogen) atoms. The molecule has 1 unspecified atom stereocenters. The average molecular weight is 505 g/mol. The number of nitrogens with one attached hydrogen (secondary N) is 1. The van der Waals surface area contributed by atoms with Crippen molar-refractivity contribution in [2.75, 3.05) is 6.61 Å². The van der Waals surface area contributed by atoms with E-state index in [2.05, 4.69) is 0 Å². The molecule has 1 aliphatic heterocycles. The predicted molar refractivity (Wildman–Crippen MR) is 113 cm³/mol. The largest absolute Gasteiger partial charge is 0.481 e. The Labute approximate surface area is 196 Å². The number of carboxylic acid groups (broad SMARTS) is 1. The maximum atomic E-state index is 12.2. The van der Waals surface area contributed by atoms with Crippen molar-refractivity contribution >= 4 is 58.6 Å². The van der Waals surface area contributed by atoms with Crippen molar-refractivity contribution in [1.82, 2.24) is 0 Å². The molecular weight excluding hydrogens is 477 g/mol. The van der Waals surface area contributed by atoms with Crippen LogP contribution in [0.3, 0.4) is 0 Å². The summed E-state index contributed by atoms with van der Waals surface area (Å²) in [6, 6.07) is 0. The molecule has 2 N–H and O–H groups in total. The maximum absolute atomic E-state index is 12.2. The molecule has 0 spiro atoms. The average Bonchev–Trinajstić information content (AvgIpc) is 2.65. The van der Waals surface area contributed by atoms with Crippen molar-refractivity contribution in [3.63, 3.8) is 0 Å². The lowest BCUT2D eigenvalue weighted by atomic mass is 9.90. The standard InChI is InChI=1S/C19H28Cl3NO8/c1-3-6-13(26)29-15-11(8-5-9-12(24)25)10-28-17(31-18(23)19(20,21)22)16(15)30-14(27)7-4-2/h11,15-17,23H,3-10H2,1-2H3,(H,24,25)/t11-,15-,16+,17?/m0/s1. The lowest BCUT2D eigenvalue weighted by Gasteiger charge is -2.41. The molecule has 0 aromatic rings. The Morgan fingerprint density at radius 1 is 1.00 bits per heavy atom. The van der Waals surface area contributed by atoms with Gasteiger partial charge in [-0.2, -0.15) is 0 Å². The normalized spacial score (nSPS) is 23.6. The molecule has 1 rings (SSSR count). The summed E-state index contributed by atoms with van der Waals surface area (Å²) in [7, 11) is 0. The topological polar surface area (TPSA) is 132 Å². The van der Waals surface area contributed by atoms with Crippen molar-refractivity contribution < 1.29 is 38.4 Å². The van der Waals surface area contributed by atoms with E-state index in [1.54, 1.807) is 6.92 Å². The Morgan fingerprint density at radius 2 is 1.55 bits per heavy atom. The maximum Gasteiger partial charge on any atom is 0.306 e. The minimum atomic E-state index is -2.17. The fourth-order valence-corrected chi connectivity index (χ4v) is 3.13. The van der Waals surface area contributed by atoms with Crippen LogP contribution in [0.25, 0.3) is 0 Å². The molecular formula is C19H28Cl3NO8. The van der Waals surface area contributed by atoms with E-state index in [-0.39, 0.29) is 25.9 Å². The van der Waals surface area contributed by atoms with Gasteiger partial charge in [0.15, 0.2) is 0 Å². The number of carbonyl (C=O) groups is 3. The molecule has 9 nitrogen and oxygen atoms in total. The number of rotatable bonds is 11. The van der Waals surface area contributed by atoms with E-state index in [0.29, 0.717) is 25.7 Å². The molecule has 0 aromatic carbocycles. The molecule has 0 radical (unpaired) electrons. The van der Waals surface area contributed by atoms with Crippen LogP contribution in [-0.2, 0) is 33.3 Å². The van der Waals surface area contributed by atoms with E-state index in [1.807, 2.05) is 6.92 Å². The van der Waals surface area contributed by atoms with Gasteiger partial charge in [0.25, 0.3) is 3.79 Å². The Kier molecular flexibility index (Phi) is 11.9. The highest BCUT2D eigenvalue weighted by atomic mass is 35.6. The number of esters is 2. The van der Waals surface area contributed by atoms with Crippen molar-refractivity contribution in [2.45, 2.75) is 81.1 Å². The Hall–Kier alpha value is -1.29. The first-order valence-corrected chi connectivity index (χ1v) is 11.2. The summed E-state index contributed by atoms with van der Waals surface area (Å²) in [4.78, 5) is 35.3. The highest BCUT2D eigenvalue weighted by Crippen LogP contribution is 2.34. The van der Waals surface area contributed by atoms with Gasteiger partial charge in [0, 0.05) is 25.2 Å². The minimum absolute atomic E-state index is 0.00330. The van der Waals surface area contributed by atoms with Crippen LogP contribution in [0.15, 0.2) is 0 Å². The fourth-order valence-electron chi connectivity index (χ4n) is 2.99. The summed E-state index contributed by atoms with van der Waals surface area (Å²) in [5.41, 5.74) is 0. The van der Waals surface area contributed by atoms with Crippen molar-refractivity contribution in [1.29, 1.82) is 5.41 Å². The molecule has 0 aliphatic carbocycles. The number of halogens is 3. The zero-order chi connectivity index (χ0) is 23.6. The molecule has 4 atom stereocenters. The monoisotopic (exact) mass is 503 g/mol. The molecule has 1 heterocycles. The smallest absolute Gasteiger partial charge is 0.306 e. The summed E-state index contributed by atoms with van der Waals surface area (Å²) in [6.07, 6.45) is -1.68. The molecule has 12 heteroatoms. The first-order valence-electron chi connectivity index (χ1n) is 10.0. The quantitative estimate of drug-likeness (QED) is 0.187. The predicted octanol–water partition coefficient (Wildman–Crippen LogP) is 4.00. The van der Waals surface area contributed by atoms with Crippen LogP contribution in [0.2, 0.25) is 0 Å². The van der Waals surface area contributed by atoms with Gasteiger partial charge in [-0.25, -0.2) is 0 Å². The minimum Gasteiger partial charge on any atom is -0.481 e. The van der Waals surface area contributed by atoms with E-state index in [9.17, 15) is 14.4 Å². The molecule has 0 aromatic heterocycles. The molecule has 0 bridgehead atoms. The van der Waals surface area contributed by atoms with Crippen LogP contribution >= 0.6 is 34.8 Å². The summed E-state index contributed by atoms with van der Waals surface area (Å²) in [5.74, 6) is -3.25. The zero-order valence-corrected chi connectivity index (χ0v) is 19.7. The van der Waals surface area contributed by atoms with Crippen molar-refractivity contribution in [3.05, 3.63) is 0 Å². The molecule has 1 aliphatic rings. The summed E-state index contributed by atoms with van der Waals surface area (Å²) < 4.78 is 19.9. The summed E-state index contributed by atoms with van der Waals surface area (Å²) >= 11 is 17.0. The van der Waals surface area contributed by atoms with Crippen LogP contribution in [0.5, 0.6) is 0 Å². The first-order chi connectivity index (χ1) is 14.5. The van der Waals surface area contributed by atoms with Gasteiger partial charge in [0.1, 0.15) is 6.10 Å². The van der Waals surface area contributed by atoms with E-state index in [0.717, 1.165) is 0 Å². The van der Waals surface area contributed by atoms with E-state index in [4.69, 9.17) is 64.3 Å². The second-order valence-corrected chi connectivity index (χ2v) is 9.38. The Balaban J connectivity index is 3.14. The summed E-state index contributed by atoms with van der Waals surface area (Å²) in [6.45, 7) is 3.60. The van der Waals surface area contributed by atoms with Crippen LogP contribution in [-0.4, -0.2) is 57.8 Å².